The Morgan fingerprint density at radius 3 is 2.36 bits per heavy atom. The van der Waals surface area contributed by atoms with Crippen LogP contribution in [-0.4, -0.2) is 26.9 Å². The third-order valence-electron chi connectivity index (χ3n) is 4.14. The van der Waals surface area contributed by atoms with E-state index in [4.69, 9.17) is 14.9 Å². The third kappa shape index (κ3) is 6.30. The van der Waals surface area contributed by atoms with Crippen LogP contribution in [0.25, 0.3) is 0 Å². The second-order valence-electron chi connectivity index (χ2n) is 7.18. The van der Waals surface area contributed by atoms with E-state index < -0.39 is 8.32 Å². The van der Waals surface area contributed by atoms with Crippen LogP contribution in [0, 0.1) is 0 Å². The summed E-state index contributed by atoms with van der Waals surface area (Å²) in [6, 6.07) is 9.29. The molecular weight excluding hydrogens is 294 g/mol. The Bertz CT molecular complexity index is 469. The van der Waals surface area contributed by atoms with E-state index >= 15 is 0 Å². The molecule has 2 N–H and O–H groups in total. The predicted molar refractivity (Wildman–Crippen MR) is 92.0 cm³/mol. The first-order valence-electron chi connectivity index (χ1n) is 7.71. The van der Waals surface area contributed by atoms with Gasteiger partial charge in [0.25, 0.3) is 0 Å². The van der Waals surface area contributed by atoms with Crippen LogP contribution in [0.1, 0.15) is 32.8 Å². The minimum Gasteiger partial charge on any atom is -0.461 e. The molecule has 0 aromatic heterocycles. The van der Waals surface area contributed by atoms with E-state index in [1.807, 2.05) is 30.3 Å². The lowest BCUT2D eigenvalue weighted by Crippen LogP contribution is -2.44. The normalized spacial score (nSPS) is 13.7. The Balaban J connectivity index is 2.33. The molecule has 1 rings (SSSR count). The molecule has 0 heterocycles. The molecule has 0 aliphatic carbocycles. The molecule has 0 saturated carbocycles. The van der Waals surface area contributed by atoms with Crippen molar-refractivity contribution in [2.75, 3.05) is 6.61 Å². The van der Waals surface area contributed by atoms with Gasteiger partial charge in [0.05, 0.1) is 6.42 Å². The van der Waals surface area contributed by atoms with Gasteiger partial charge in [-0.15, -0.1) is 0 Å². The summed E-state index contributed by atoms with van der Waals surface area (Å²) in [7, 11) is -1.82. The third-order valence-corrected chi connectivity index (χ3v) is 8.64. The number of rotatable bonds is 7. The highest BCUT2D eigenvalue weighted by Gasteiger charge is 2.37. The molecule has 22 heavy (non-hydrogen) atoms. The molecule has 0 aliphatic rings. The maximum absolute atomic E-state index is 11.8. The summed E-state index contributed by atoms with van der Waals surface area (Å²) in [5, 5.41) is 0.139. The summed E-state index contributed by atoms with van der Waals surface area (Å²) >= 11 is 0. The summed E-state index contributed by atoms with van der Waals surface area (Å²) in [6.45, 7) is 11.6. The quantitative estimate of drug-likeness (QED) is 0.616. The first kappa shape index (κ1) is 18.9. The fraction of sp³-hybridized carbons (Fsp3) is 0.588. The van der Waals surface area contributed by atoms with Crippen LogP contribution < -0.4 is 5.73 Å². The number of benzene rings is 1. The molecular formula is C17H29NO3Si. The molecule has 0 spiro atoms. The maximum atomic E-state index is 11.8. The molecule has 124 valence electrons. The van der Waals surface area contributed by atoms with Gasteiger partial charge in [-0.05, 0) is 23.7 Å². The molecule has 0 saturated heterocycles. The Labute approximate surface area is 135 Å². The standard InChI is InChI=1S/C17H29NO3Si/c1-17(2,3)22(4,5)21-13-15(18)11-16(19)20-12-14-9-7-6-8-10-14/h6-10,15H,11-13,18H2,1-5H3. The number of hydrogen-bond donors (Lipinski definition) is 1. The summed E-state index contributed by atoms with van der Waals surface area (Å²) in [5.74, 6) is -0.282. The van der Waals surface area contributed by atoms with Crippen LogP contribution in [-0.2, 0) is 20.6 Å². The lowest BCUT2D eigenvalue weighted by Gasteiger charge is -2.36. The van der Waals surface area contributed by atoms with E-state index in [0.29, 0.717) is 6.61 Å². The number of carbonyl (C=O) groups is 1. The van der Waals surface area contributed by atoms with Crippen LogP contribution in [0.4, 0.5) is 0 Å². The summed E-state index contributed by atoms with van der Waals surface area (Å²) < 4.78 is 11.3. The van der Waals surface area contributed by atoms with Crippen LogP contribution in [0.3, 0.4) is 0 Å². The number of nitrogens with two attached hydrogens (primary N) is 1. The van der Waals surface area contributed by atoms with E-state index in [9.17, 15) is 4.79 Å². The largest absolute Gasteiger partial charge is 0.461 e. The van der Waals surface area contributed by atoms with E-state index in [0.717, 1.165) is 5.56 Å². The second kappa shape index (κ2) is 7.90. The first-order chi connectivity index (χ1) is 10.1. The number of carbonyl (C=O) groups excluding carboxylic acids is 1. The monoisotopic (exact) mass is 323 g/mol. The first-order valence-corrected chi connectivity index (χ1v) is 10.6. The highest BCUT2D eigenvalue weighted by Crippen LogP contribution is 2.36. The molecule has 1 unspecified atom stereocenters. The van der Waals surface area contributed by atoms with Crippen molar-refractivity contribution >= 4 is 14.3 Å². The lowest BCUT2D eigenvalue weighted by molar-refractivity contribution is -0.145. The van der Waals surface area contributed by atoms with Crippen LogP contribution in [0.2, 0.25) is 18.1 Å². The van der Waals surface area contributed by atoms with E-state index in [1.165, 1.54) is 0 Å². The van der Waals surface area contributed by atoms with E-state index in [2.05, 4.69) is 33.9 Å². The minimum absolute atomic E-state index is 0.139. The van der Waals surface area contributed by atoms with Crippen molar-refractivity contribution in [2.45, 2.75) is 58.0 Å². The molecule has 1 aromatic rings. The average molecular weight is 324 g/mol. The Morgan fingerprint density at radius 2 is 1.82 bits per heavy atom. The zero-order valence-electron chi connectivity index (χ0n) is 14.4. The van der Waals surface area contributed by atoms with Crippen molar-refractivity contribution in [1.29, 1.82) is 0 Å². The Morgan fingerprint density at radius 1 is 1.23 bits per heavy atom. The predicted octanol–water partition coefficient (Wildman–Crippen LogP) is 3.47. The maximum Gasteiger partial charge on any atom is 0.307 e. The van der Waals surface area contributed by atoms with E-state index in [1.54, 1.807) is 0 Å². The molecule has 0 aliphatic heterocycles. The fourth-order valence-electron chi connectivity index (χ4n) is 1.60. The van der Waals surface area contributed by atoms with Gasteiger partial charge in [0.2, 0.25) is 0 Å². The van der Waals surface area contributed by atoms with Crippen LogP contribution in [0.5, 0.6) is 0 Å². The second-order valence-corrected chi connectivity index (χ2v) is 12.0. The molecule has 0 bridgehead atoms. The molecule has 0 fully saturated rings. The number of ether oxygens (including phenoxy) is 1. The molecule has 1 aromatic carbocycles. The summed E-state index contributed by atoms with van der Waals surface area (Å²) in [4.78, 5) is 11.8. The Hall–Kier alpha value is -1.17. The van der Waals surface area contributed by atoms with Gasteiger partial charge in [0.1, 0.15) is 6.61 Å². The molecule has 0 radical (unpaired) electrons. The van der Waals surface area contributed by atoms with E-state index in [-0.39, 0.29) is 30.1 Å². The van der Waals surface area contributed by atoms with Gasteiger partial charge in [0.15, 0.2) is 8.32 Å². The number of esters is 1. The van der Waals surface area contributed by atoms with Crippen LogP contribution >= 0.6 is 0 Å². The zero-order chi connectivity index (χ0) is 16.8. The van der Waals surface area contributed by atoms with Gasteiger partial charge in [-0.2, -0.15) is 0 Å². The van der Waals surface area contributed by atoms with Crippen LogP contribution in [0.15, 0.2) is 30.3 Å². The zero-order valence-corrected chi connectivity index (χ0v) is 15.4. The van der Waals surface area contributed by atoms with Gasteiger partial charge in [0, 0.05) is 12.6 Å². The molecule has 0 amide bonds. The van der Waals surface area contributed by atoms with Gasteiger partial charge in [-0.1, -0.05) is 51.1 Å². The minimum atomic E-state index is -1.82. The van der Waals surface area contributed by atoms with Crippen molar-refractivity contribution in [2.24, 2.45) is 5.73 Å². The van der Waals surface area contributed by atoms with Crippen molar-refractivity contribution in [3.63, 3.8) is 0 Å². The van der Waals surface area contributed by atoms with Crippen molar-refractivity contribution in [1.82, 2.24) is 0 Å². The average Bonchev–Trinajstić information content (AvgIpc) is 2.43. The fourth-order valence-corrected chi connectivity index (χ4v) is 2.67. The van der Waals surface area contributed by atoms with Crippen molar-refractivity contribution in [3.05, 3.63) is 35.9 Å². The summed E-state index contributed by atoms with van der Waals surface area (Å²) in [5.41, 5.74) is 6.96. The summed E-state index contributed by atoms with van der Waals surface area (Å²) in [6.07, 6.45) is 0.182. The van der Waals surface area contributed by atoms with Gasteiger partial charge in [-0.25, -0.2) is 0 Å². The van der Waals surface area contributed by atoms with Crippen molar-refractivity contribution < 1.29 is 14.0 Å². The molecule has 1 atom stereocenters. The highest BCUT2D eigenvalue weighted by atomic mass is 28.4. The lowest BCUT2D eigenvalue weighted by atomic mass is 10.2. The van der Waals surface area contributed by atoms with Crippen molar-refractivity contribution in [3.8, 4) is 0 Å². The van der Waals surface area contributed by atoms with Gasteiger partial charge in [-0.3, -0.25) is 4.79 Å². The Kier molecular flexibility index (Phi) is 6.78. The smallest absolute Gasteiger partial charge is 0.307 e. The van der Waals surface area contributed by atoms with Gasteiger partial charge < -0.3 is 14.9 Å². The SMILES string of the molecule is CC(C)(C)[Si](C)(C)OCC(N)CC(=O)OCc1ccccc1. The molecule has 5 heteroatoms. The number of hydrogen-bond acceptors (Lipinski definition) is 4. The highest BCUT2D eigenvalue weighted by molar-refractivity contribution is 6.74. The van der Waals surface area contributed by atoms with Gasteiger partial charge >= 0.3 is 5.97 Å². The molecule has 4 nitrogen and oxygen atoms in total. The topological polar surface area (TPSA) is 61.5 Å².